The molecule has 2 aromatic rings. The van der Waals surface area contributed by atoms with Crippen molar-refractivity contribution in [3.05, 3.63) is 29.6 Å². The van der Waals surface area contributed by atoms with Gasteiger partial charge in [0.25, 0.3) is 0 Å². The van der Waals surface area contributed by atoms with Gasteiger partial charge in [0.05, 0.1) is 0 Å². The van der Waals surface area contributed by atoms with Gasteiger partial charge in [0, 0.05) is 61.6 Å². The van der Waals surface area contributed by atoms with Crippen LogP contribution in [0.15, 0.2) is 29.6 Å². The molecule has 1 N–H and O–H groups in total. The summed E-state index contributed by atoms with van der Waals surface area (Å²) in [5.41, 5.74) is 1.38. The largest absolute Gasteiger partial charge is 0.368 e. The van der Waals surface area contributed by atoms with E-state index in [1.165, 1.54) is 15.8 Å². The number of hydrogen-bond acceptors (Lipinski definition) is 4. The summed E-state index contributed by atoms with van der Waals surface area (Å²) in [5.74, 6) is 0. The number of amides is 2. The smallest absolute Gasteiger partial charge is 0.317 e. The molecule has 0 radical (unpaired) electrons. The highest BCUT2D eigenvalue weighted by atomic mass is 32.1. The van der Waals surface area contributed by atoms with Crippen LogP contribution >= 0.6 is 11.3 Å². The number of thiophene rings is 1. The maximum absolute atomic E-state index is 11.5. The van der Waals surface area contributed by atoms with E-state index in [0.29, 0.717) is 0 Å². The number of benzene rings is 1. The lowest BCUT2D eigenvalue weighted by molar-refractivity contribution is 0.208. The molecule has 2 saturated heterocycles. The zero-order valence-electron chi connectivity index (χ0n) is 13.9. The van der Waals surface area contributed by atoms with Gasteiger partial charge in [0.15, 0.2) is 0 Å². The summed E-state index contributed by atoms with van der Waals surface area (Å²) in [4.78, 5) is 18.5. The minimum atomic E-state index is 0.101. The monoisotopic (exact) mass is 344 g/mol. The number of carbonyl (C=O) groups is 1. The van der Waals surface area contributed by atoms with Crippen molar-refractivity contribution in [3.8, 4) is 0 Å². The van der Waals surface area contributed by atoms with Crippen molar-refractivity contribution in [3.63, 3.8) is 0 Å². The van der Waals surface area contributed by atoms with Crippen molar-refractivity contribution in [2.24, 2.45) is 0 Å². The first kappa shape index (κ1) is 15.7. The van der Waals surface area contributed by atoms with Crippen LogP contribution < -0.4 is 10.2 Å². The van der Waals surface area contributed by atoms with Crippen LogP contribution in [-0.4, -0.2) is 68.2 Å². The Balaban J connectivity index is 1.27. The molecule has 3 heterocycles. The number of fused-ring (bicyclic) bond motifs is 1. The summed E-state index contributed by atoms with van der Waals surface area (Å²) in [7, 11) is 0. The third kappa shape index (κ3) is 3.21. The van der Waals surface area contributed by atoms with Crippen LogP contribution in [-0.2, 0) is 0 Å². The molecule has 24 heavy (non-hydrogen) atoms. The number of nitrogens with zero attached hydrogens (tertiary/aromatic N) is 3. The van der Waals surface area contributed by atoms with E-state index >= 15 is 0 Å². The molecular formula is C18H24N4OS. The average Bonchev–Trinajstić information content (AvgIpc) is 3.24. The van der Waals surface area contributed by atoms with Crippen molar-refractivity contribution < 1.29 is 4.79 Å². The molecule has 0 atom stereocenters. The Morgan fingerprint density at radius 2 is 1.92 bits per heavy atom. The van der Waals surface area contributed by atoms with Crippen LogP contribution in [0.4, 0.5) is 10.5 Å². The SMILES string of the molecule is O=C1NCCN1CCCN1CCN(c2cccc3sccc23)CC1. The average molecular weight is 344 g/mol. The second kappa shape index (κ2) is 6.99. The lowest BCUT2D eigenvalue weighted by Crippen LogP contribution is -2.47. The van der Waals surface area contributed by atoms with Crippen molar-refractivity contribution in [2.45, 2.75) is 6.42 Å². The zero-order chi connectivity index (χ0) is 16.4. The number of hydrogen-bond donors (Lipinski definition) is 1. The van der Waals surface area contributed by atoms with Crippen molar-refractivity contribution >= 4 is 33.1 Å². The van der Waals surface area contributed by atoms with Crippen LogP contribution in [0.25, 0.3) is 10.1 Å². The molecule has 2 fully saturated rings. The van der Waals surface area contributed by atoms with E-state index in [4.69, 9.17) is 0 Å². The molecule has 0 spiro atoms. The van der Waals surface area contributed by atoms with Gasteiger partial charge in [0.1, 0.15) is 0 Å². The van der Waals surface area contributed by atoms with Crippen molar-refractivity contribution in [1.82, 2.24) is 15.1 Å². The summed E-state index contributed by atoms with van der Waals surface area (Å²) < 4.78 is 1.37. The van der Waals surface area contributed by atoms with Crippen molar-refractivity contribution in [2.75, 3.05) is 57.3 Å². The number of piperazine rings is 1. The molecule has 0 unspecified atom stereocenters. The molecule has 2 aliphatic rings. The van der Waals surface area contributed by atoms with Gasteiger partial charge in [0.2, 0.25) is 0 Å². The number of carbonyl (C=O) groups excluding carboxylic acids is 1. The molecule has 128 valence electrons. The third-order valence-corrected chi connectivity index (χ3v) is 5.92. The highest BCUT2D eigenvalue weighted by molar-refractivity contribution is 7.17. The highest BCUT2D eigenvalue weighted by Gasteiger charge is 2.21. The minimum absolute atomic E-state index is 0.101. The number of anilines is 1. The minimum Gasteiger partial charge on any atom is -0.368 e. The molecule has 5 nitrogen and oxygen atoms in total. The van der Waals surface area contributed by atoms with Crippen LogP contribution in [0.1, 0.15) is 6.42 Å². The Bertz CT molecular complexity index is 708. The van der Waals surface area contributed by atoms with E-state index in [-0.39, 0.29) is 6.03 Å². The van der Waals surface area contributed by atoms with Gasteiger partial charge in [-0.3, -0.25) is 4.90 Å². The Morgan fingerprint density at radius 1 is 1.04 bits per heavy atom. The van der Waals surface area contributed by atoms with E-state index in [1.807, 2.05) is 16.2 Å². The highest BCUT2D eigenvalue weighted by Crippen LogP contribution is 2.31. The Morgan fingerprint density at radius 3 is 2.71 bits per heavy atom. The van der Waals surface area contributed by atoms with Crippen LogP contribution in [0.2, 0.25) is 0 Å². The van der Waals surface area contributed by atoms with Gasteiger partial charge in [-0.2, -0.15) is 0 Å². The lowest BCUT2D eigenvalue weighted by Gasteiger charge is -2.36. The molecule has 1 aromatic heterocycles. The third-order valence-electron chi connectivity index (χ3n) is 5.03. The summed E-state index contributed by atoms with van der Waals surface area (Å²) in [6.45, 7) is 7.99. The zero-order valence-corrected chi connectivity index (χ0v) is 14.7. The molecule has 0 saturated carbocycles. The molecule has 0 aliphatic carbocycles. The normalized spacial score (nSPS) is 19.2. The molecular weight excluding hydrogens is 320 g/mol. The fourth-order valence-corrected chi connectivity index (χ4v) is 4.48. The van der Waals surface area contributed by atoms with Gasteiger partial charge in [-0.05, 0) is 36.5 Å². The predicted molar refractivity (Wildman–Crippen MR) is 100 cm³/mol. The number of rotatable bonds is 5. The van der Waals surface area contributed by atoms with Gasteiger partial charge < -0.3 is 15.1 Å². The fourth-order valence-electron chi connectivity index (χ4n) is 3.68. The molecule has 0 bridgehead atoms. The number of urea groups is 1. The first-order chi connectivity index (χ1) is 11.8. The first-order valence-electron chi connectivity index (χ1n) is 8.77. The van der Waals surface area contributed by atoms with Gasteiger partial charge in [-0.15, -0.1) is 11.3 Å². The van der Waals surface area contributed by atoms with Gasteiger partial charge >= 0.3 is 6.03 Å². The van der Waals surface area contributed by atoms with Crippen molar-refractivity contribution in [1.29, 1.82) is 0 Å². The molecule has 4 rings (SSSR count). The Hall–Kier alpha value is -1.79. The maximum Gasteiger partial charge on any atom is 0.317 e. The van der Waals surface area contributed by atoms with E-state index in [2.05, 4.69) is 44.8 Å². The van der Waals surface area contributed by atoms with E-state index in [0.717, 1.165) is 58.8 Å². The Labute approximate surface area is 146 Å². The maximum atomic E-state index is 11.5. The summed E-state index contributed by atoms with van der Waals surface area (Å²) in [6, 6.07) is 8.96. The first-order valence-corrected chi connectivity index (χ1v) is 9.65. The topological polar surface area (TPSA) is 38.8 Å². The Kier molecular flexibility index (Phi) is 4.58. The summed E-state index contributed by atoms with van der Waals surface area (Å²) in [5, 5.41) is 6.43. The standard InChI is InChI=1S/C18H24N4OS/c23-18-19-6-9-22(18)8-2-7-20-10-12-21(13-11-20)16-3-1-4-17-15(16)5-14-24-17/h1,3-5,14H,2,6-13H2,(H,19,23). The summed E-state index contributed by atoms with van der Waals surface area (Å²) >= 11 is 1.81. The quantitative estimate of drug-likeness (QED) is 0.905. The lowest BCUT2D eigenvalue weighted by atomic mass is 10.2. The second-order valence-corrected chi connectivity index (χ2v) is 7.46. The van der Waals surface area contributed by atoms with E-state index in [1.54, 1.807) is 0 Å². The molecule has 1 aromatic carbocycles. The van der Waals surface area contributed by atoms with Gasteiger partial charge in [-0.25, -0.2) is 4.79 Å². The predicted octanol–water partition coefficient (Wildman–Crippen LogP) is 2.44. The second-order valence-electron chi connectivity index (χ2n) is 6.51. The molecule has 2 aliphatic heterocycles. The van der Waals surface area contributed by atoms with Crippen LogP contribution in [0.5, 0.6) is 0 Å². The fraction of sp³-hybridized carbons (Fsp3) is 0.500. The van der Waals surface area contributed by atoms with E-state index < -0.39 is 0 Å². The van der Waals surface area contributed by atoms with Crippen LogP contribution in [0, 0.1) is 0 Å². The molecule has 2 amide bonds. The van der Waals surface area contributed by atoms with E-state index in [9.17, 15) is 4.79 Å². The summed E-state index contributed by atoms with van der Waals surface area (Å²) in [6.07, 6.45) is 1.06. The molecule has 6 heteroatoms. The van der Waals surface area contributed by atoms with Crippen LogP contribution in [0.3, 0.4) is 0 Å². The number of nitrogens with one attached hydrogen (secondary N) is 1. The van der Waals surface area contributed by atoms with Gasteiger partial charge in [-0.1, -0.05) is 6.07 Å².